The minimum atomic E-state index is -0.851. The molecule has 0 saturated heterocycles. The molecule has 1 unspecified atom stereocenters. The van der Waals surface area contributed by atoms with Crippen molar-refractivity contribution in [3.63, 3.8) is 0 Å². The Labute approximate surface area is 168 Å². The molecule has 9 heteroatoms. The van der Waals surface area contributed by atoms with Crippen LogP contribution in [0, 0.1) is 0 Å². The molecule has 0 spiro atoms. The van der Waals surface area contributed by atoms with Crippen LogP contribution in [0.1, 0.15) is 34.6 Å². The number of hydrogen-bond acceptors (Lipinski definition) is 8. The second-order valence-corrected chi connectivity index (χ2v) is 6.44. The molecule has 1 amide bonds. The Kier molecular flexibility index (Phi) is 7.22. The first kappa shape index (κ1) is 21.5. The maximum atomic E-state index is 12.8. The van der Waals surface area contributed by atoms with Crippen molar-refractivity contribution in [2.45, 2.75) is 19.9 Å². The minimum Gasteiger partial charge on any atom is -0.496 e. The summed E-state index contributed by atoms with van der Waals surface area (Å²) in [6.07, 6.45) is 0. The van der Waals surface area contributed by atoms with Gasteiger partial charge in [0.2, 0.25) is 11.7 Å². The maximum absolute atomic E-state index is 12.8. The Morgan fingerprint density at radius 1 is 1.21 bits per heavy atom. The lowest BCUT2D eigenvalue weighted by atomic mass is 9.87. The molecule has 1 aromatic rings. The van der Waals surface area contributed by atoms with Crippen molar-refractivity contribution in [2.24, 2.45) is 0 Å². The molecule has 1 aliphatic carbocycles. The number of ether oxygens (including phenoxy) is 2. The summed E-state index contributed by atoms with van der Waals surface area (Å²) in [5.74, 6) is -1.21. The lowest BCUT2D eigenvalue weighted by Crippen LogP contribution is -2.42. The first-order chi connectivity index (χ1) is 13.3. The van der Waals surface area contributed by atoms with Crippen molar-refractivity contribution in [3.05, 3.63) is 40.6 Å². The highest BCUT2D eigenvalue weighted by atomic mass is 32.1. The summed E-state index contributed by atoms with van der Waals surface area (Å²) in [5.41, 5.74) is 0.931. The molecule has 0 saturated carbocycles. The minimum absolute atomic E-state index is 0.0558. The van der Waals surface area contributed by atoms with E-state index in [9.17, 15) is 19.2 Å². The van der Waals surface area contributed by atoms with E-state index in [1.807, 2.05) is 0 Å². The van der Waals surface area contributed by atoms with Gasteiger partial charge in [-0.25, -0.2) is 4.79 Å². The number of ketones is 2. The van der Waals surface area contributed by atoms with Crippen molar-refractivity contribution in [1.29, 1.82) is 0 Å². The molecule has 8 nitrogen and oxygen atoms in total. The average molecular weight is 406 g/mol. The van der Waals surface area contributed by atoms with E-state index in [-0.39, 0.29) is 53.2 Å². The number of thiol groups is 1. The number of allylic oxidation sites excluding steroid dienone is 2. The van der Waals surface area contributed by atoms with E-state index in [0.29, 0.717) is 11.3 Å². The van der Waals surface area contributed by atoms with Gasteiger partial charge in [0.25, 0.3) is 0 Å². The van der Waals surface area contributed by atoms with Gasteiger partial charge in [0.1, 0.15) is 18.4 Å². The highest BCUT2D eigenvalue weighted by molar-refractivity contribution is 7.80. The van der Waals surface area contributed by atoms with Gasteiger partial charge < -0.3 is 20.1 Å². The standard InChI is InChI=1S/C19H22N2O6S/c1-10-16(20-7-8-27-19(25)13(9-28)21-11(2)22)18(24)15-12(17(10)23)5-4-6-14(15)26-3/h4-6,13,20,28H,7-9H2,1-3H3,(H,21,22). The summed E-state index contributed by atoms with van der Waals surface area (Å²) in [6, 6.07) is 4.00. The SMILES string of the molecule is COc1cccc2c1C(=O)C(NCCOC(=O)C(CS)NC(C)=O)=C(C)C2=O. The highest BCUT2D eigenvalue weighted by Gasteiger charge is 2.32. The van der Waals surface area contributed by atoms with Crippen molar-refractivity contribution in [2.75, 3.05) is 26.0 Å². The van der Waals surface area contributed by atoms with E-state index in [0.717, 1.165) is 0 Å². The fourth-order valence-corrected chi connectivity index (χ4v) is 3.04. The van der Waals surface area contributed by atoms with Crippen LogP contribution >= 0.6 is 12.6 Å². The van der Waals surface area contributed by atoms with Gasteiger partial charge in [0, 0.05) is 30.4 Å². The van der Waals surface area contributed by atoms with E-state index >= 15 is 0 Å². The van der Waals surface area contributed by atoms with Crippen LogP contribution in [0.15, 0.2) is 29.5 Å². The molecule has 1 aromatic carbocycles. The molecular weight excluding hydrogens is 384 g/mol. The van der Waals surface area contributed by atoms with Crippen LogP contribution in [-0.2, 0) is 14.3 Å². The van der Waals surface area contributed by atoms with Gasteiger partial charge in [0.15, 0.2) is 5.78 Å². The second-order valence-electron chi connectivity index (χ2n) is 6.07. The van der Waals surface area contributed by atoms with Gasteiger partial charge in [-0.3, -0.25) is 14.4 Å². The first-order valence-electron chi connectivity index (χ1n) is 8.57. The largest absolute Gasteiger partial charge is 0.496 e. The number of amides is 1. The number of Topliss-reactive ketones (excluding diaryl/α,β-unsaturated/α-hetero) is 2. The predicted octanol–water partition coefficient (Wildman–Crippen LogP) is 0.915. The van der Waals surface area contributed by atoms with Gasteiger partial charge >= 0.3 is 5.97 Å². The molecular formula is C19H22N2O6S. The van der Waals surface area contributed by atoms with Crippen LogP contribution in [0.2, 0.25) is 0 Å². The number of fused-ring (bicyclic) bond motifs is 1. The zero-order valence-electron chi connectivity index (χ0n) is 15.8. The molecule has 150 valence electrons. The van der Waals surface area contributed by atoms with Crippen LogP contribution < -0.4 is 15.4 Å². The molecule has 1 aliphatic rings. The molecule has 0 heterocycles. The number of esters is 1. The Morgan fingerprint density at radius 2 is 1.93 bits per heavy atom. The maximum Gasteiger partial charge on any atom is 0.329 e. The van der Waals surface area contributed by atoms with Crippen LogP contribution in [0.25, 0.3) is 0 Å². The first-order valence-corrected chi connectivity index (χ1v) is 9.20. The molecule has 2 rings (SSSR count). The third kappa shape index (κ3) is 4.53. The van der Waals surface area contributed by atoms with Crippen LogP contribution in [0.4, 0.5) is 0 Å². The molecule has 0 fully saturated rings. The fraction of sp³-hybridized carbons (Fsp3) is 0.368. The third-order valence-corrected chi connectivity index (χ3v) is 4.52. The predicted molar refractivity (Wildman–Crippen MR) is 105 cm³/mol. The van der Waals surface area contributed by atoms with Gasteiger partial charge in [0.05, 0.1) is 18.4 Å². The van der Waals surface area contributed by atoms with E-state index in [1.54, 1.807) is 25.1 Å². The zero-order chi connectivity index (χ0) is 20.8. The number of carbonyl (C=O) groups excluding carboxylic acids is 4. The number of hydrogen-bond donors (Lipinski definition) is 3. The van der Waals surface area contributed by atoms with Crippen LogP contribution in [0.3, 0.4) is 0 Å². The Hall–Kier alpha value is -2.81. The average Bonchev–Trinajstić information content (AvgIpc) is 2.68. The molecule has 28 heavy (non-hydrogen) atoms. The van der Waals surface area contributed by atoms with Gasteiger partial charge in [-0.15, -0.1) is 0 Å². The van der Waals surface area contributed by atoms with E-state index in [2.05, 4.69) is 23.3 Å². The summed E-state index contributed by atoms with van der Waals surface area (Å²) in [4.78, 5) is 48.4. The Morgan fingerprint density at radius 3 is 2.54 bits per heavy atom. The number of benzene rings is 1. The number of nitrogens with one attached hydrogen (secondary N) is 2. The summed E-state index contributed by atoms with van der Waals surface area (Å²) >= 11 is 4.00. The molecule has 0 bridgehead atoms. The van der Waals surface area contributed by atoms with Crippen molar-refractivity contribution in [1.82, 2.24) is 10.6 Å². The molecule has 0 aromatic heterocycles. The van der Waals surface area contributed by atoms with Crippen LogP contribution in [-0.4, -0.2) is 55.5 Å². The van der Waals surface area contributed by atoms with Crippen molar-refractivity contribution >= 4 is 36.1 Å². The van der Waals surface area contributed by atoms with E-state index in [4.69, 9.17) is 9.47 Å². The fourth-order valence-electron chi connectivity index (χ4n) is 2.80. The summed E-state index contributed by atoms with van der Waals surface area (Å²) in [7, 11) is 1.43. The van der Waals surface area contributed by atoms with Crippen LogP contribution in [0.5, 0.6) is 5.75 Å². The number of methoxy groups -OCH3 is 1. The Bertz CT molecular complexity index is 849. The van der Waals surface area contributed by atoms with Crippen molar-refractivity contribution in [3.8, 4) is 5.75 Å². The second kappa shape index (κ2) is 9.41. The number of rotatable bonds is 8. The molecule has 2 N–H and O–H groups in total. The molecule has 0 aliphatic heterocycles. The topological polar surface area (TPSA) is 111 Å². The summed E-state index contributed by atoms with van der Waals surface area (Å²) < 4.78 is 10.3. The number of carbonyl (C=O) groups is 4. The Balaban J connectivity index is 2.03. The van der Waals surface area contributed by atoms with E-state index < -0.39 is 12.0 Å². The van der Waals surface area contributed by atoms with Gasteiger partial charge in [-0.1, -0.05) is 12.1 Å². The third-order valence-electron chi connectivity index (χ3n) is 4.15. The lowest BCUT2D eigenvalue weighted by molar-refractivity contribution is -0.146. The van der Waals surface area contributed by atoms with Gasteiger partial charge in [-0.05, 0) is 13.0 Å². The summed E-state index contributed by atoms with van der Waals surface area (Å²) in [5, 5.41) is 5.30. The molecule has 1 atom stereocenters. The quantitative estimate of drug-likeness (QED) is 0.334. The highest BCUT2D eigenvalue weighted by Crippen LogP contribution is 2.31. The molecule has 0 radical (unpaired) electrons. The summed E-state index contributed by atoms with van der Waals surface area (Å²) in [6.45, 7) is 2.91. The normalized spacial score (nSPS) is 14.3. The zero-order valence-corrected chi connectivity index (χ0v) is 16.7. The smallest absolute Gasteiger partial charge is 0.329 e. The monoisotopic (exact) mass is 406 g/mol. The van der Waals surface area contributed by atoms with Crippen molar-refractivity contribution < 1.29 is 28.7 Å². The lowest BCUT2D eigenvalue weighted by Gasteiger charge is -2.22. The van der Waals surface area contributed by atoms with E-state index in [1.165, 1.54) is 14.0 Å². The van der Waals surface area contributed by atoms with Gasteiger partial charge in [-0.2, -0.15) is 12.6 Å².